The van der Waals surface area contributed by atoms with E-state index in [0.29, 0.717) is 4.47 Å². The van der Waals surface area contributed by atoms with Crippen molar-refractivity contribution in [2.45, 2.75) is 4.90 Å². The minimum atomic E-state index is -3.87. The topological polar surface area (TPSA) is 71.1 Å². The van der Waals surface area contributed by atoms with Crippen LogP contribution in [0, 0.1) is 5.82 Å². The smallest absolute Gasteiger partial charge is 0.265 e. The van der Waals surface area contributed by atoms with E-state index in [1.165, 1.54) is 30.5 Å². The molecule has 0 aliphatic heterocycles. The first-order valence-corrected chi connectivity index (χ1v) is 7.82. The Bertz CT molecular complexity index is 737. The Labute approximate surface area is 124 Å². The van der Waals surface area contributed by atoms with Gasteiger partial charge in [0.05, 0.1) is 5.69 Å². The minimum absolute atomic E-state index is 0.0151. The maximum Gasteiger partial charge on any atom is 0.265 e. The summed E-state index contributed by atoms with van der Waals surface area (Å²) < 4.78 is 40.6. The average molecular weight is 360 g/mol. The van der Waals surface area contributed by atoms with Gasteiger partial charge < -0.3 is 5.32 Å². The molecule has 1 aromatic heterocycles. The van der Waals surface area contributed by atoms with E-state index in [1.807, 2.05) is 0 Å². The van der Waals surface area contributed by atoms with Crippen LogP contribution in [-0.2, 0) is 10.0 Å². The van der Waals surface area contributed by atoms with Gasteiger partial charge in [-0.2, -0.15) is 0 Å². The molecule has 2 rings (SSSR count). The van der Waals surface area contributed by atoms with E-state index < -0.39 is 15.8 Å². The highest BCUT2D eigenvalue weighted by atomic mass is 79.9. The Hall–Kier alpha value is -1.67. The second kappa shape index (κ2) is 5.76. The van der Waals surface area contributed by atoms with Crippen LogP contribution in [0.1, 0.15) is 0 Å². The SMILES string of the molecule is CNc1ncccc1S(=O)(=O)Nc1cc(F)ccc1Br. The Kier molecular flexibility index (Phi) is 4.24. The van der Waals surface area contributed by atoms with Crippen molar-refractivity contribution in [2.24, 2.45) is 0 Å². The third kappa shape index (κ3) is 3.07. The van der Waals surface area contributed by atoms with Gasteiger partial charge in [-0.1, -0.05) is 0 Å². The fourth-order valence-electron chi connectivity index (χ4n) is 1.57. The second-order valence-corrected chi connectivity index (χ2v) is 6.33. The van der Waals surface area contributed by atoms with E-state index in [1.54, 1.807) is 7.05 Å². The first-order valence-electron chi connectivity index (χ1n) is 5.54. The molecule has 0 atom stereocenters. The molecule has 0 radical (unpaired) electrons. The van der Waals surface area contributed by atoms with Gasteiger partial charge in [0, 0.05) is 17.7 Å². The van der Waals surface area contributed by atoms with Gasteiger partial charge in [-0.25, -0.2) is 17.8 Å². The molecule has 2 N–H and O–H groups in total. The molecular weight excluding hydrogens is 349 g/mol. The van der Waals surface area contributed by atoms with Crippen molar-refractivity contribution in [2.75, 3.05) is 17.1 Å². The predicted molar refractivity (Wildman–Crippen MR) is 78.7 cm³/mol. The summed E-state index contributed by atoms with van der Waals surface area (Å²) in [5, 5.41) is 2.70. The van der Waals surface area contributed by atoms with Crippen LogP contribution in [0.2, 0.25) is 0 Å². The molecule has 0 unspecified atom stereocenters. The summed E-state index contributed by atoms with van der Waals surface area (Å²) >= 11 is 3.17. The summed E-state index contributed by atoms with van der Waals surface area (Å²) in [5.74, 6) is -0.321. The van der Waals surface area contributed by atoms with Gasteiger partial charge >= 0.3 is 0 Å². The van der Waals surface area contributed by atoms with Crippen LogP contribution in [0.4, 0.5) is 15.9 Å². The zero-order valence-electron chi connectivity index (χ0n) is 10.4. The lowest BCUT2D eigenvalue weighted by Crippen LogP contribution is -2.15. The van der Waals surface area contributed by atoms with Crippen molar-refractivity contribution >= 4 is 37.5 Å². The Morgan fingerprint density at radius 1 is 1.30 bits per heavy atom. The van der Waals surface area contributed by atoms with Gasteiger partial charge in [0.2, 0.25) is 0 Å². The van der Waals surface area contributed by atoms with Crippen molar-refractivity contribution < 1.29 is 12.8 Å². The van der Waals surface area contributed by atoms with Crippen molar-refractivity contribution in [1.82, 2.24) is 4.98 Å². The van der Waals surface area contributed by atoms with Crippen LogP contribution in [0.5, 0.6) is 0 Å². The average Bonchev–Trinajstić information content (AvgIpc) is 2.42. The molecule has 0 saturated heterocycles. The molecule has 5 nitrogen and oxygen atoms in total. The number of hydrogen-bond acceptors (Lipinski definition) is 4. The molecule has 0 spiro atoms. The van der Waals surface area contributed by atoms with Crippen LogP contribution in [0.15, 0.2) is 45.9 Å². The lowest BCUT2D eigenvalue weighted by atomic mass is 10.3. The number of aromatic nitrogens is 1. The lowest BCUT2D eigenvalue weighted by molar-refractivity contribution is 0.601. The third-order valence-corrected chi connectivity index (χ3v) is 4.56. The Morgan fingerprint density at radius 2 is 2.05 bits per heavy atom. The highest BCUT2D eigenvalue weighted by Crippen LogP contribution is 2.27. The molecule has 0 saturated carbocycles. The summed E-state index contributed by atoms with van der Waals surface area (Å²) in [6.07, 6.45) is 1.48. The van der Waals surface area contributed by atoms with Crippen LogP contribution in [-0.4, -0.2) is 20.4 Å². The molecule has 8 heteroatoms. The maximum absolute atomic E-state index is 13.2. The molecule has 0 amide bonds. The summed E-state index contributed by atoms with van der Waals surface area (Å²) in [7, 11) is -2.30. The fraction of sp³-hybridized carbons (Fsp3) is 0.0833. The normalized spacial score (nSPS) is 11.2. The number of sulfonamides is 1. The highest BCUT2D eigenvalue weighted by molar-refractivity contribution is 9.10. The van der Waals surface area contributed by atoms with Gasteiger partial charge in [0.15, 0.2) is 0 Å². The van der Waals surface area contributed by atoms with E-state index in [2.05, 4.69) is 31.0 Å². The third-order valence-electron chi connectivity index (χ3n) is 2.47. The van der Waals surface area contributed by atoms with Gasteiger partial charge in [0.1, 0.15) is 16.5 Å². The zero-order valence-corrected chi connectivity index (χ0v) is 12.8. The molecule has 0 aliphatic carbocycles. The van der Waals surface area contributed by atoms with E-state index in [0.717, 1.165) is 6.07 Å². The van der Waals surface area contributed by atoms with Gasteiger partial charge in [-0.3, -0.25) is 4.72 Å². The van der Waals surface area contributed by atoms with Crippen molar-refractivity contribution in [1.29, 1.82) is 0 Å². The number of halogens is 2. The van der Waals surface area contributed by atoms with Crippen LogP contribution in [0.3, 0.4) is 0 Å². The van der Waals surface area contributed by atoms with Crippen LogP contribution >= 0.6 is 15.9 Å². The van der Waals surface area contributed by atoms with E-state index in [-0.39, 0.29) is 16.4 Å². The van der Waals surface area contributed by atoms with Gasteiger partial charge in [-0.15, -0.1) is 0 Å². The van der Waals surface area contributed by atoms with Gasteiger partial charge in [0.25, 0.3) is 10.0 Å². The number of anilines is 2. The summed E-state index contributed by atoms with van der Waals surface area (Å²) in [6, 6.07) is 6.67. The lowest BCUT2D eigenvalue weighted by Gasteiger charge is -2.12. The molecule has 2 aromatic rings. The molecule has 1 heterocycles. The predicted octanol–water partition coefficient (Wildman–Crippen LogP) is 2.83. The molecule has 0 fully saturated rings. The van der Waals surface area contributed by atoms with Gasteiger partial charge in [-0.05, 0) is 46.3 Å². The molecule has 1 aromatic carbocycles. The summed E-state index contributed by atoms with van der Waals surface area (Å²) in [5.41, 5.74) is 0.121. The Morgan fingerprint density at radius 3 is 2.75 bits per heavy atom. The highest BCUT2D eigenvalue weighted by Gasteiger charge is 2.20. The minimum Gasteiger partial charge on any atom is -0.372 e. The van der Waals surface area contributed by atoms with Crippen molar-refractivity contribution in [3.63, 3.8) is 0 Å². The second-order valence-electron chi connectivity index (χ2n) is 3.83. The Balaban J connectivity index is 2.43. The standard InChI is InChI=1S/C12H11BrFN3O2S/c1-15-12-11(3-2-6-16-12)20(18,19)17-10-7-8(14)4-5-9(10)13/h2-7,17H,1H3,(H,15,16). The first-order chi connectivity index (χ1) is 9.44. The number of rotatable bonds is 4. The fourth-order valence-corrected chi connectivity index (χ4v) is 3.28. The number of pyridine rings is 1. The zero-order chi connectivity index (χ0) is 14.8. The van der Waals surface area contributed by atoms with Crippen molar-refractivity contribution in [3.05, 3.63) is 46.8 Å². The number of nitrogens with zero attached hydrogens (tertiary/aromatic N) is 1. The molecule has 0 bridgehead atoms. The van der Waals surface area contributed by atoms with Crippen LogP contribution in [0.25, 0.3) is 0 Å². The quantitative estimate of drug-likeness (QED) is 0.880. The number of benzene rings is 1. The molecular formula is C12H11BrFN3O2S. The molecule has 0 aliphatic rings. The van der Waals surface area contributed by atoms with E-state index in [4.69, 9.17) is 0 Å². The largest absolute Gasteiger partial charge is 0.372 e. The summed E-state index contributed by atoms with van der Waals surface area (Å²) in [6.45, 7) is 0. The van der Waals surface area contributed by atoms with Crippen LogP contribution < -0.4 is 10.0 Å². The molecule has 20 heavy (non-hydrogen) atoms. The van der Waals surface area contributed by atoms with E-state index in [9.17, 15) is 12.8 Å². The molecule has 106 valence electrons. The first kappa shape index (κ1) is 14.7. The van der Waals surface area contributed by atoms with Crippen molar-refractivity contribution in [3.8, 4) is 0 Å². The number of nitrogens with one attached hydrogen (secondary N) is 2. The van der Waals surface area contributed by atoms with E-state index >= 15 is 0 Å². The maximum atomic E-state index is 13.2. The monoisotopic (exact) mass is 359 g/mol. The summed E-state index contributed by atoms with van der Waals surface area (Å²) in [4.78, 5) is 3.91. The number of hydrogen-bond donors (Lipinski definition) is 2.